The molecule has 0 aliphatic carbocycles. The van der Waals surface area contributed by atoms with Gasteiger partial charge in [0.05, 0.1) is 11.8 Å². The van der Waals surface area contributed by atoms with Crippen LogP contribution in [0, 0.1) is 24.1 Å². The minimum Gasteiger partial charge on any atom is -0.236 e. The normalized spacial score (nSPS) is 11.1. The number of aryl methyl sites for hydroxylation is 1. The minimum absolute atomic E-state index is 0.285. The van der Waals surface area contributed by atoms with Crippen molar-refractivity contribution in [2.45, 2.75) is 26.2 Å². The molecule has 3 nitrogen and oxygen atoms in total. The maximum atomic E-state index is 12.9. The van der Waals surface area contributed by atoms with Crippen LogP contribution in [0.4, 0.5) is 4.39 Å². The summed E-state index contributed by atoms with van der Waals surface area (Å²) in [7, 11) is 0. The molecule has 0 bridgehead atoms. The lowest BCUT2D eigenvalue weighted by Crippen LogP contribution is -2.19. The monoisotopic (exact) mass is 255 g/mol. The molecule has 0 radical (unpaired) electrons. The van der Waals surface area contributed by atoms with Crippen molar-refractivity contribution in [3.63, 3.8) is 0 Å². The summed E-state index contributed by atoms with van der Waals surface area (Å²) in [6.45, 7) is 5.40. The molecule has 0 fully saturated rings. The number of hydrogen-bond acceptors (Lipinski definition) is 3. The van der Waals surface area contributed by atoms with Crippen molar-refractivity contribution in [2.75, 3.05) is 0 Å². The van der Waals surface area contributed by atoms with Crippen molar-refractivity contribution in [3.8, 4) is 17.3 Å². The highest BCUT2D eigenvalue weighted by molar-refractivity contribution is 5.59. The van der Waals surface area contributed by atoms with Crippen molar-refractivity contribution >= 4 is 0 Å². The molecule has 0 aliphatic heterocycles. The standard InChI is InChI=1S/C15H14FN3/c1-10-8-13(11-4-6-12(16)7-5-11)19-14(18-10)15(2,3)9-17/h4-8H,1-3H3. The second kappa shape index (κ2) is 4.77. The summed E-state index contributed by atoms with van der Waals surface area (Å²) >= 11 is 0. The summed E-state index contributed by atoms with van der Waals surface area (Å²) in [6, 6.07) is 10.1. The van der Waals surface area contributed by atoms with Crippen LogP contribution >= 0.6 is 0 Å². The molecule has 0 amide bonds. The molecule has 0 atom stereocenters. The smallest absolute Gasteiger partial charge is 0.148 e. The summed E-state index contributed by atoms with van der Waals surface area (Å²) in [6.07, 6.45) is 0. The first-order chi connectivity index (χ1) is 8.92. The molecule has 0 unspecified atom stereocenters. The summed E-state index contributed by atoms with van der Waals surface area (Å²) in [5.74, 6) is 0.196. The van der Waals surface area contributed by atoms with Crippen LogP contribution in [0.5, 0.6) is 0 Å². The molecule has 1 aromatic heterocycles. The molecule has 1 aromatic carbocycles. The molecule has 1 heterocycles. The van der Waals surface area contributed by atoms with Gasteiger partial charge in [0.2, 0.25) is 0 Å². The van der Waals surface area contributed by atoms with Crippen molar-refractivity contribution in [2.24, 2.45) is 0 Å². The second-order valence-electron chi connectivity index (χ2n) is 4.96. The van der Waals surface area contributed by atoms with E-state index in [2.05, 4.69) is 16.0 Å². The van der Waals surface area contributed by atoms with Gasteiger partial charge in [-0.2, -0.15) is 5.26 Å². The predicted octanol–water partition coefficient (Wildman–Crippen LogP) is 3.39. The number of rotatable bonds is 2. The number of nitriles is 1. The van der Waals surface area contributed by atoms with Crippen LogP contribution in [0.15, 0.2) is 30.3 Å². The maximum Gasteiger partial charge on any atom is 0.148 e. The summed E-state index contributed by atoms with van der Waals surface area (Å²) in [4.78, 5) is 8.73. The van der Waals surface area contributed by atoms with Crippen molar-refractivity contribution in [1.29, 1.82) is 5.26 Å². The van der Waals surface area contributed by atoms with Crippen LogP contribution in [-0.4, -0.2) is 9.97 Å². The molecule has 0 aliphatic rings. The van der Waals surface area contributed by atoms with Crippen molar-refractivity contribution in [1.82, 2.24) is 9.97 Å². The van der Waals surface area contributed by atoms with E-state index in [0.717, 1.165) is 11.3 Å². The SMILES string of the molecule is Cc1cc(-c2ccc(F)cc2)nc(C(C)(C)C#N)n1. The van der Waals surface area contributed by atoms with E-state index >= 15 is 0 Å². The summed E-state index contributed by atoms with van der Waals surface area (Å²) in [5.41, 5.74) is 1.54. The molecule has 19 heavy (non-hydrogen) atoms. The molecule has 0 saturated heterocycles. The zero-order valence-corrected chi connectivity index (χ0v) is 11.1. The van der Waals surface area contributed by atoms with Gasteiger partial charge in [0.1, 0.15) is 17.1 Å². The fourth-order valence-corrected chi connectivity index (χ4v) is 1.67. The van der Waals surface area contributed by atoms with Gasteiger partial charge in [-0.25, -0.2) is 14.4 Å². The van der Waals surface area contributed by atoms with Gasteiger partial charge in [-0.05, 0) is 51.1 Å². The average Bonchev–Trinajstić information content (AvgIpc) is 2.39. The Morgan fingerprint density at radius 2 is 1.79 bits per heavy atom. The Balaban J connectivity index is 2.54. The largest absolute Gasteiger partial charge is 0.236 e. The highest BCUT2D eigenvalue weighted by Crippen LogP contribution is 2.23. The van der Waals surface area contributed by atoms with Gasteiger partial charge in [-0.3, -0.25) is 0 Å². The molecule has 96 valence electrons. The number of benzene rings is 1. The Hall–Kier alpha value is -2.28. The van der Waals surface area contributed by atoms with E-state index in [9.17, 15) is 4.39 Å². The van der Waals surface area contributed by atoms with Gasteiger partial charge in [-0.1, -0.05) is 0 Å². The molecular weight excluding hydrogens is 241 g/mol. The maximum absolute atomic E-state index is 12.9. The summed E-state index contributed by atoms with van der Waals surface area (Å²) < 4.78 is 12.9. The fourth-order valence-electron chi connectivity index (χ4n) is 1.67. The van der Waals surface area contributed by atoms with Crippen LogP contribution < -0.4 is 0 Å². The van der Waals surface area contributed by atoms with E-state index in [1.807, 2.05) is 13.0 Å². The Morgan fingerprint density at radius 1 is 1.16 bits per heavy atom. The molecule has 0 N–H and O–H groups in total. The molecule has 4 heteroatoms. The van der Waals surface area contributed by atoms with Crippen LogP contribution in [0.1, 0.15) is 25.4 Å². The molecule has 2 rings (SSSR count). The van der Waals surface area contributed by atoms with Gasteiger partial charge < -0.3 is 0 Å². The predicted molar refractivity (Wildman–Crippen MR) is 70.8 cm³/mol. The van der Waals surface area contributed by atoms with E-state index < -0.39 is 5.41 Å². The van der Waals surface area contributed by atoms with Gasteiger partial charge in [0, 0.05) is 11.3 Å². The third-order valence-corrected chi connectivity index (χ3v) is 2.83. The average molecular weight is 255 g/mol. The zero-order valence-electron chi connectivity index (χ0n) is 11.1. The van der Waals surface area contributed by atoms with E-state index in [0.29, 0.717) is 11.5 Å². The second-order valence-corrected chi connectivity index (χ2v) is 4.96. The molecular formula is C15H14FN3. The Kier molecular flexibility index (Phi) is 3.30. The quantitative estimate of drug-likeness (QED) is 0.826. The molecule has 0 spiro atoms. The molecule has 0 saturated carbocycles. The third kappa shape index (κ3) is 2.76. The van der Waals surface area contributed by atoms with E-state index in [1.54, 1.807) is 26.0 Å². The van der Waals surface area contributed by atoms with Crippen LogP contribution in [0.3, 0.4) is 0 Å². The van der Waals surface area contributed by atoms with Crippen molar-refractivity contribution < 1.29 is 4.39 Å². The first-order valence-corrected chi connectivity index (χ1v) is 5.96. The van der Waals surface area contributed by atoms with Crippen LogP contribution in [0.2, 0.25) is 0 Å². The topological polar surface area (TPSA) is 49.6 Å². The van der Waals surface area contributed by atoms with E-state index in [-0.39, 0.29) is 5.82 Å². The van der Waals surface area contributed by atoms with Gasteiger partial charge in [0.25, 0.3) is 0 Å². The molecule has 2 aromatic rings. The number of hydrogen-bond donors (Lipinski definition) is 0. The highest BCUT2D eigenvalue weighted by Gasteiger charge is 2.24. The van der Waals surface area contributed by atoms with E-state index in [4.69, 9.17) is 5.26 Å². The van der Waals surface area contributed by atoms with Crippen LogP contribution in [0.25, 0.3) is 11.3 Å². The lowest BCUT2D eigenvalue weighted by atomic mass is 9.94. The zero-order chi connectivity index (χ0) is 14.0. The van der Waals surface area contributed by atoms with Gasteiger partial charge >= 0.3 is 0 Å². The highest BCUT2D eigenvalue weighted by atomic mass is 19.1. The van der Waals surface area contributed by atoms with Crippen LogP contribution in [-0.2, 0) is 5.41 Å². The van der Waals surface area contributed by atoms with Gasteiger partial charge in [0.15, 0.2) is 0 Å². The van der Waals surface area contributed by atoms with Crippen molar-refractivity contribution in [3.05, 3.63) is 47.7 Å². The van der Waals surface area contributed by atoms with E-state index in [1.165, 1.54) is 12.1 Å². The number of aromatic nitrogens is 2. The number of nitrogens with zero attached hydrogens (tertiary/aromatic N) is 3. The first-order valence-electron chi connectivity index (χ1n) is 5.96. The Morgan fingerprint density at radius 3 is 2.37 bits per heavy atom. The first kappa shape index (κ1) is 13.2. The fraction of sp³-hybridized carbons (Fsp3) is 0.267. The van der Waals surface area contributed by atoms with Gasteiger partial charge in [-0.15, -0.1) is 0 Å². The Labute approximate surface area is 111 Å². The minimum atomic E-state index is -0.749. The lowest BCUT2D eigenvalue weighted by molar-refractivity contribution is 0.625. The summed E-state index contributed by atoms with van der Waals surface area (Å²) in [5, 5.41) is 9.16. The lowest BCUT2D eigenvalue weighted by Gasteiger charge is -2.15. The third-order valence-electron chi connectivity index (χ3n) is 2.83. The Bertz CT molecular complexity index is 639. The number of halogens is 1.